The zero-order valence-electron chi connectivity index (χ0n) is 14.7. The van der Waals surface area contributed by atoms with Gasteiger partial charge in [0.15, 0.2) is 0 Å². The molecule has 1 aromatic heterocycles. The van der Waals surface area contributed by atoms with E-state index in [0.717, 1.165) is 37.3 Å². The monoisotopic (exact) mass is 365 g/mol. The Morgan fingerprint density at radius 1 is 1.33 bits per heavy atom. The highest BCUT2D eigenvalue weighted by Gasteiger charge is 2.38. The smallest absolute Gasteiger partial charge is 0.383 e. The molecular weight excluding hydrogens is 339 g/mol. The summed E-state index contributed by atoms with van der Waals surface area (Å²) < 4.78 is 41.3. The van der Waals surface area contributed by atoms with Crippen molar-refractivity contribution in [3.8, 4) is 0 Å². The third-order valence-corrected chi connectivity index (χ3v) is 4.98. The fourth-order valence-electron chi connectivity index (χ4n) is 3.03. The number of likely N-dealkylation sites (tertiary alicyclic amines) is 1. The van der Waals surface area contributed by atoms with Crippen LogP contribution in [0.4, 0.5) is 13.2 Å². The molecule has 1 saturated heterocycles. The number of rotatable bonds is 5. The van der Waals surface area contributed by atoms with Gasteiger partial charge in [0, 0.05) is 18.7 Å². The van der Waals surface area contributed by atoms with Crippen LogP contribution < -0.4 is 0 Å². The van der Waals surface area contributed by atoms with E-state index in [9.17, 15) is 13.2 Å². The summed E-state index contributed by atoms with van der Waals surface area (Å²) in [4.78, 5) is 9.30. The van der Waals surface area contributed by atoms with Crippen LogP contribution >= 0.6 is 11.8 Å². The Bertz CT molecular complexity index is 502. The summed E-state index contributed by atoms with van der Waals surface area (Å²) in [6.07, 6.45) is 2.05. The molecule has 0 aromatic carbocycles. The van der Waals surface area contributed by atoms with Crippen molar-refractivity contribution in [1.29, 1.82) is 0 Å². The number of aromatic nitrogens is 2. The fraction of sp³-hybridized carbons (Fsp3) is 0.750. The Hall–Kier alpha value is -0.860. The second-order valence-corrected chi connectivity index (χ2v) is 6.46. The molecule has 8 heteroatoms. The van der Waals surface area contributed by atoms with Gasteiger partial charge in [0.05, 0.1) is 11.6 Å². The number of thioether (sulfide) groups is 1. The molecule has 0 N–H and O–H groups in total. The van der Waals surface area contributed by atoms with Gasteiger partial charge in [-0.15, -0.1) is 11.8 Å². The summed E-state index contributed by atoms with van der Waals surface area (Å²) in [6.45, 7) is 7.83. The maximum atomic E-state index is 12.0. The first kappa shape index (κ1) is 21.2. The maximum Gasteiger partial charge on any atom is 0.433 e. The largest absolute Gasteiger partial charge is 0.433 e. The minimum absolute atomic E-state index is 0.317. The topological polar surface area (TPSA) is 38.2 Å². The summed E-state index contributed by atoms with van der Waals surface area (Å²) in [7, 11) is 1.81. The molecule has 1 fully saturated rings. The molecule has 2 rings (SSSR count). The van der Waals surface area contributed by atoms with Crippen molar-refractivity contribution in [3.05, 3.63) is 18.1 Å². The van der Waals surface area contributed by atoms with Crippen LogP contribution in [0.2, 0.25) is 0 Å². The predicted octanol–water partition coefficient (Wildman–Crippen LogP) is 4.11. The summed E-state index contributed by atoms with van der Waals surface area (Å²) in [5.41, 5.74) is -0.536. The van der Waals surface area contributed by atoms with Gasteiger partial charge in [-0.3, -0.25) is 4.90 Å². The average molecular weight is 365 g/mol. The number of likely N-dealkylation sites (N-methyl/N-ethyl adjacent to an activating group) is 1. The molecule has 4 nitrogen and oxygen atoms in total. The van der Waals surface area contributed by atoms with Gasteiger partial charge in [0.25, 0.3) is 0 Å². The van der Waals surface area contributed by atoms with Crippen LogP contribution in [-0.4, -0.2) is 53.5 Å². The molecule has 2 heterocycles. The first-order valence-electron chi connectivity index (χ1n) is 8.00. The average Bonchev–Trinajstić information content (AvgIpc) is 2.98. The fourth-order valence-corrected chi connectivity index (χ4v) is 3.41. The van der Waals surface area contributed by atoms with Gasteiger partial charge >= 0.3 is 6.18 Å². The quantitative estimate of drug-likeness (QED) is 0.580. The molecule has 1 atom stereocenters. The lowest BCUT2D eigenvalue weighted by Crippen LogP contribution is -2.46. The minimum atomic E-state index is -4.38. The van der Waals surface area contributed by atoms with Gasteiger partial charge in [-0.1, -0.05) is 13.8 Å². The molecule has 0 spiro atoms. The van der Waals surface area contributed by atoms with Crippen molar-refractivity contribution in [2.45, 2.75) is 49.9 Å². The highest BCUT2D eigenvalue weighted by atomic mass is 32.2. The Labute approximate surface area is 146 Å². The number of hydrogen-bond acceptors (Lipinski definition) is 5. The van der Waals surface area contributed by atoms with E-state index in [1.807, 2.05) is 7.11 Å². The number of alkyl halides is 3. The van der Waals surface area contributed by atoms with Crippen LogP contribution in [-0.2, 0) is 10.9 Å². The minimum Gasteiger partial charge on any atom is -0.383 e. The van der Waals surface area contributed by atoms with Gasteiger partial charge < -0.3 is 4.74 Å². The Morgan fingerprint density at radius 2 is 2.04 bits per heavy atom. The highest BCUT2D eigenvalue weighted by molar-refractivity contribution is 7.98. The van der Waals surface area contributed by atoms with Crippen LogP contribution in [0.15, 0.2) is 17.4 Å². The van der Waals surface area contributed by atoms with E-state index in [1.54, 1.807) is 6.26 Å². The molecule has 0 saturated carbocycles. The summed E-state index contributed by atoms with van der Waals surface area (Å²) in [6, 6.07) is 0.921. The number of nitrogens with zero attached hydrogens (tertiary/aromatic N) is 3. The molecule has 1 aromatic rings. The first-order valence-corrected chi connectivity index (χ1v) is 9.22. The third-order valence-electron chi connectivity index (χ3n) is 4.34. The van der Waals surface area contributed by atoms with Gasteiger partial charge in [-0.05, 0) is 38.6 Å². The standard InChI is InChI=1S/C10H21NO.C6H5F3N2S/c1-4-10(9-12-3)7-6-8-11(10)5-2;1-12-5-2-4(6(7,8)9)10-3-11-5/h4-9H2,1-3H3;2-3H,1H3. The number of hydrogen-bond donors (Lipinski definition) is 0. The Morgan fingerprint density at radius 3 is 2.54 bits per heavy atom. The number of methoxy groups -OCH3 is 1. The highest BCUT2D eigenvalue weighted by Crippen LogP contribution is 2.32. The van der Waals surface area contributed by atoms with Crippen molar-refractivity contribution < 1.29 is 17.9 Å². The molecule has 0 bridgehead atoms. The van der Waals surface area contributed by atoms with E-state index in [0.29, 0.717) is 10.6 Å². The molecule has 24 heavy (non-hydrogen) atoms. The van der Waals surface area contributed by atoms with Crippen molar-refractivity contribution in [2.24, 2.45) is 0 Å². The van der Waals surface area contributed by atoms with E-state index >= 15 is 0 Å². The molecule has 0 amide bonds. The maximum absolute atomic E-state index is 12.0. The lowest BCUT2D eigenvalue weighted by molar-refractivity contribution is -0.141. The number of halogens is 3. The summed E-state index contributed by atoms with van der Waals surface area (Å²) in [5, 5.41) is 0.317. The Kier molecular flexibility index (Phi) is 8.45. The van der Waals surface area contributed by atoms with Gasteiger partial charge in [-0.25, -0.2) is 9.97 Å². The molecule has 0 radical (unpaired) electrons. The van der Waals surface area contributed by atoms with Crippen LogP contribution in [0.25, 0.3) is 0 Å². The third kappa shape index (κ3) is 5.60. The van der Waals surface area contributed by atoms with E-state index in [2.05, 4.69) is 28.7 Å². The summed E-state index contributed by atoms with van der Waals surface area (Å²) >= 11 is 1.15. The first-order chi connectivity index (χ1) is 11.3. The van der Waals surface area contributed by atoms with Crippen LogP contribution in [0.1, 0.15) is 38.8 Å². The van der Waals surface area contributed by atoms with Crippen molar-refractivity contribution in [3.63, 3.8) is 0 Å². The molecule has 138 valence electrons. The zero-order chi connectivity index (χ0) is 18.2. The van der Waals surface area contributed by atoms with E-state index in [1.165, 1.54) is 25.8 Å². The van der Waals surface area contributed by atoms with Crippen LogP contribution in [0.3, 0.4) is 0 Å². The Balaban J connectivity index is 0.000000240. The van der Waals surface area contributed by atoms with Crippen molar-refractivity contribution >= 4 is 11.8 Å². The predicted molar refractivity (Wildman–Crippen MR) is 90.2 cm³/mol. The molecule has 0 aliphatic carbocycles. The second-order valence-electron chi connectivity index (χ2n) is 5.64. The second kappa shape index (κ2) is 9.58. The van der Waals surface area contributed by atoms with Crippen LogP contribution in [0, 0.1) is 0 Å². The normalized spacial score (nSPS) is 21.5. The van der Waals surface area contributed by atoms with Crippen molar-refractivity contribution in [2.75, 3.05) is 33.1 Å². The lowest BCUT2D eigenvalue weighted by Gasteiger charge is -2.36. The summed E-state index contributed by atoms with van der Waals surface area (Å²) in [5.74, 6) is 0. The van der Waals surface area contributed by atoms with E-state index in [-0.39, 0.29) is 0 Å². The van der Waals surface area contributed by atoms with Gasteiger partial charge in [-0.2, -0.15) is 13.2 Å². The van der Waals surface area contributed by atoms with E-state index < -0.39 is 11.9 Å². The van der Waals surface area contributed by atoms with Crippen molar-refractivity contribution in [1.82, 2.24) is 14.9 Å². The number of ether oxygens (including phenoxy) is 1. The molecule has 1 unspecified atom stereocenters. The molecule has 1 aliphatic rings. The lowest BCUT2D eigenvalue weighted by atomic mass is 9.94. The molecule has 1 aliphatic heterocycles. The molecular formula is C16H26F3N3OS. The van der Waals surface area contributed by atoms with E-state index in [4.69, 9.17) is 4.74 Å². The SMILES string of the molecule is CCN1CCCC1(CC)COC.CSc1cc(C(F)(F)F)ncn1. The zero-order valence-corrected chi connectivity index (χ0v) is 15.5. The van der Waals surface area contributed by atoms with Gasteiger partial charge in [0.1, 0.15) is 12.0 Å². The van der Waals surface area contributed by atoms with Gasteiger partial charge in [0.2, 0.25) is 0 Å². The van der Waals surface area contributed by atoms with Crippen LogP contribution in [0.5, 0.6) is 0 Å².